The number of hydrogen-bond acceptors (Lipinski definition) is 4. The van der Waals surface area contributed by atoms with Crippen LogP contribution in [0.1, 0.15) is 93.2 Å². The van der Waals surface area contributed by atoms with Crippen molar-refractivity contribution in [2.24, 2.45) is 10.8 Å². The Morgan fingerprint density at radius 1 is 0.618 bits per heavy atom. The van der Waals surface area contributed by atoms with Crippen LogP contribution in [0.4, 0.5) is 0 Å². The summed E-state index contributed by atoms with van der Waals surface area (Å²) in [6, 6.07) is 14.4. The Morgan fingerprint density at radius 2 is 0.882 bits per heavy atom. The van der Waals surface area contributed by atoms with Crippen LogP contribution in [-0.2, 0) is 15.4 Å². The van der Waals surface area contributed by atoms with Gasteiger partial charge in [0.05, 0.1) is 0 Å². The van der Waals surface area contributed by atoms with Crippen LogP contribution < -0.4 is 13.9 Å². The molecule has 2 aromatic rings. The molecule has 0 spiro atoms. The fourth-order valence-electron chi connectivity index (χ4n) is 5.07. The predicted octanol–water partition coefficient (Wildman–Crippen LogP) is 7.66. The maximum atomic E-state index is 12.5. The molecule has 6 heteroatoms. The second kappa shape index (κ2) is 10.9. The van der Waals surface area contributed by atoms with Crippen LogP contribution in [-0.4, -0.2) is 23.1 Å². The molecule has 1 radical (unpaired) electrons. The van der Waals surface area contributed by atoms with Gasteiger partial charge in [-0.05, 0) is 69.9 Å². The van der Waals surface area contributed by atoms with E-state index in [9.17, 15) is 9.46 Å². The molecule has 4 nitrogen and oxygen atoms in total. The molecular formula is C28H42MgO4P. The van der Waals surface area contributed by atoms with Gasteiger partial charge in [-0.25, -0.2) is 4.57 Å². The van der Waals surface area contributed by atoms with Gasteiger partial charge in [-0.1, -0.05) is 93.5 Å². The number of benzene rings is 2. The van der Waals surface area contributed by atoms with Crippen LogP contribution in [0.2, 0.25) is 0 Å². The van der Waals surface area contributed by atoms with Gasteiger partial charge in [0.2, 0.25) is 0 Å². The van der Waals surface area contributed by atoms with Crippen molar-refractivity contribution in [1.29, 1.82) is 0 Å². The molecule has 0 aliphatic carbocycles. The molecule has 0 aliphatic heterocycles. The summed E-state index contributed by atoms with van der Waals surface area (Å²) in [6.45, 7) is 22.1. The van der Waals surface area contributed by atoms with E-state index in [0.29, 0.717) is 0 Å². The fourth-order valence-corrected chi connectivity index (χ4v) is 5.86. The summed E-state index contributed by atoms with van der Waals surface area (Å²) in [7, 11) is -4.56. The zero-order chi connectivity index (χ0) is 25.3. The average molecular weight is 498 g/mol. The van der Waals surface area contributed by atoms with Gasteiger partial charge in [-0.15, -0.1) is 0 Å². The minimum absolute atomic E-state index is 0. The van der Waals surface area contributed by atoms with Crippen molar-refractivity contribution in [3.63, 3.8) is 0 Å². The Labute approximate surface area is 223 Å². The van der Waals surface area contributed by atoms with Crippen molar-refractivity contribution >= 4 is 30.9 Å². The molecule has 0 saturated carbocycles. The molecule has 0 bridgehead atoms. The average Bonchev–Trinajstić information content (AvgIpc) is 2.57. The summed E-state index contributed by atoms with van der Waals surface area (Å²) in [5.74, 6) is 0.484. The topological polar surface area (TPSA) is 58.6 Å². The third kappa shape index (κ3) is 9.93. The monoisotopic (exact) mass is 497 g/mol. The van der Waals surface area contributed by atoms with E-state index in [4.69, 9.17) is 9.05 Å². The van der Waals surface area contributed by atoms with Gasteiger partial charge in [0.1, 0.15) is 11.5 Å². The van der Waals surface area contributed by atoms with E-state index < -0.39 is 7.82 Å². The molecule has 0 amide bonds. The zero-order valence-corrected chi connectivity index (χ0v) is 25.1. The van der Waals surface area contributed by atoms with Gasteiger partial charge in [-0.2, -0.15) is 0 Å². The molecule has 0 aromatic heterocycles. The van der Waals surface area contributed by atoms with E-state index in [0.717, 1.165) is 24.0 Å². The van der Waals surface area contributed by atoms with Crippen LogP contribution in [0.15, 0.2) is 48.5 Å². The predicted molar refractivity (Wildman–Crippen MR) is 142 cm³/mol. The minimum Gasteiger partial charge on any atom is -0.736 e. The van der Waals surface area contributed by atoms with Crippen molar-refractivity contribution in [3.8, 4) is 11.5 Å². The van der Waals surface area contributed by atoms with Crippen molar-refractivity contribution < 1.29 is 18.5 Å². The molecule has 0 saturated heterocycles. The first-order valence-corrected chi connectivity index (χ1v) is 13.2. The van der Waals surface area contributed by atoms with E-state index in [2.05, 4.69) is 69.2 Å². The Bertz CT molecular complexity index is 888. The van der Waals surface area contributed by atoms with Gasteiger partial charge < -0.3 is 13.9 Å². The van der Waals surface area contributed by atoms with E-state index in [1.54, 1.807) is 24.3 Å². The Balaban J connectivity index is 0.00000578. The summed E-state index contributed by atoms with van der Waals surface area (Å²) in [6.07, 6.45) is 2.01. The van der Waals surface area contributed by atoms with E-state index in [-0.39, 0.29) is 56.2 Å². The first kappa shape index (κ1) is 31.0. The van der Waals surface area contributed by atoms with Gasteiger partial charge in [-0.3, -0.25) is 0 Å². The Morgan fingerprint density at radius 3 is 1.12 bits per heavy atom. The third-order valence-corrected chi connectivity index (χ3v) is 6.52. The molecule has 2 rings (SSSR count). The van der Waals surface area contributed by atoms with E-state index in [1.807, 2.05) is 24.3 Å². The first-order chi connectivity index (χ1) is 14.8. The fraction of sp³-hybridized carbons (Fsp3) is 0.571. The maximum absolute atomic E-state index is 12.5. The number of phosphoric ester groups is 1. The van der Waals surface area contributed by atoms with Crippen molar-refractivity contribution in [2.45, 2.75) is 92.9 Å². The third-order valence-electron chi connectivity index (χ3n) is 5.65. The molecule has 0 unspecified atom stereocenters. The van der Waals surface area contributed by atoms with Gasteiger partial charge in [0, 0.05) is 0 Å². The standard InChI is InChI=1S/C28H43O4P.Mg/c1-25(2,3)19-27(7,8)21-11-15-23(16-12-21)31-33(29,30)32-24-17-13-22(14-18-24)28(9,10)20-26(4,5)6;/h11-18H,19-20H2,1-10H3,(H,29,30);/q;+1/p-1. The zero-order valence-electron chi connectivity index (χ0n) is 22.8. The van der Waals surface area contributed by atoms with Crippen molar-refractivity contribution in [2.75, 3.05) is 0 Å². The molecule has 34 heavy (non-hydrogen) atoms. The van der Waals surface area contributed by atoms with Crippen molar-refractivity contribution in [1.82, 2.24) is 0 Å². The number of hydrogen-bond donors (Lipinski definition) is 0. The first-order valence-electron chi connectivity index (χ1n) is 11.7. The van der Waals surface area contributed by atoms with Crippen LogP contribution in [0.25, 0.3) is 0 Å². The Hall–Kier alpha value is -1.00. The largest absolute Gasteiger partial charge is 1.00 e. The van der Waals surface area contributed by atoms with Crippen LogP contribution >= 0.6 is 7.82 Å². The van der Waals surface area contributed by atoms with Gasteiger partial charge in [0.25, 0.3) is 0 Å². The smallest absolute Gasteiger partial charge is 0.736 e. The number of rotatable bonds is 8. The second-order valence-electron chi connectivity index (χ2n) is 12.9. The van der Waals surface area contributed by atoms with Crippen LogP contribution in [0.3, 0.4) is 0 Å². The normalized spacial score (nSPS) is 13.3. The SMILES string of the molecule is CC(C)(C)CC(C)(C)c1ccc(OP(=O)([O-])Oc2ccc(C(C)(C)CC(C)(C)C)cc2)cc1.[Mg+]. The molecule has 0 heterocycles. The molecule has 0 aliphatic rings. The minimum atomic E-state index is -4.56. The molecule has 2 aromatic carbocycles. The second-order valence-corrected chi connectivity index (χ2v) is 14.2. The van der Waals surface area contributed by atoms with Gasteiger partial charge >= 0.3 is 30.9 Å². The molecule has 0 fully saturated rings. The summed E-state index contributed by atoms with van der Waals surface area (Å²) in [5.41, 5.74) is 2.59. The van der Waals surface area contributed by atoms with Crippen molar-refractivity contribution in [3.05, 3.63) is 59.7 Å². The summed E-state index contributed by atoms with van der Waals surface area (Å²) < 4.78 is 22.9. The van der Waals surface area contributed by atoms with Crippen LogP contribution in [0.5, 0.6) is 11.5 Å². The van der Waals surface area contributed by atoms with Gasteiger partial charge in [0.15, 0.2) is 0 Å². The number of phosphoric acid groups is 1. The van der Waals surface area contributed by atoms with E-state index >= 15 is 0 Å². The molecule has 185 valence electrons. The molecular weight excluding hydrogens is 456 g/mol. The molecule has 0 N–H and O–H groups in total. The van der Waals surface area contributed by atoms with Crippen LogP contribution in [0, 0.1) is 10.8 Å². The summed E-state index contributed by atoms with van der Waals surface area (Å²) in [5, 5.41) is 0. The molecule has 0 atom stereocenters. The quantitative estimate of drug-likeness (QED) is 0.277. The maximum Gasteiger partial charge on any atom is 1.00 e. The summed E-state index contributed by atoms with van der Waals surface area (Å²) >= 11 is 0. The van der Waals surface area contributed by atoms with E-state index in [1.165, 1.54) is 0 Å². The summed E-state index contributed by atoms with van der Waals surface area (Å²) in [4.78, 5) is 12.5. The Kier molecular flexibility index (Phi) is 9.99.